The third-order valence-corrected chi connectivity index (χ3v) is 4.22. The summed E-state index contributed by atoms with van der Waals surface area (Å²) in [6, 6.07) is 8.14. The van der Waals surface area contributed by atoms with E-state index in [1.807, 2.05) is 0 Å². The van der Waals surface area contributed by atoms with Gasteiger partial charge in [0.1, 0.15) is 0 Å². The van der Waals surface area contributed by atoms with Gasteiger partial charge in [0.2, 0.25) is 0 Å². The zero-order chi connectivity index (χ0) is 15.1. The summed E-state index contributed by atoms with van der Waals surface area (Å²) in [6.07, 6.45) is 0. The molecule has 0 saturated heterocycles. The van der Waals surface area contributed by atoms with Crippen LogP contribution >= 0.6 is 35.4 Å². The summed E-state index contributed by atoms with van der Waals surface area (Å²) in [4.78, 5) is 2.94. The van der Waals surface area contributed by atoms with E-state index >= 15 is 0 Å². The molecular formula is C14H9Cl2FN2OS. The minimum atomic E-state index is -0.467. The number of fused-ring (bicyclic) bond motifs is 1. The summed E-state index contributed by atoms with van der Waals surface area (Å²) in [5.41, 5.74) is 1.82. The number of hydrogen-bond donors (Lipinski definition) is 1. The number of H-pyrrole nitrogens is 1. The number of methoxy groups -OCH3 is 1. The van der Waals surface area contributed by atoms with Crippen LogP contribution < -0.4 is 4.74 Å². The number of rotatable bonds is 2. The lowest BCUT2D eigenvalue weighted by atomic mass is 10.2. The van der Waals surface area contributed by atoms with Crippen LogP contribution in [0.1, 0.15) is 0 Å². The van der Waals surface area contributed by atoms with Crippen LogP contribution in [0, 0.1) is 10.6 Å². The molecule has 0 amide bonds. The van der Waals surface area contributed by atoms with Gasteiger partial charge in [0, 0.05) is 12.1 Å². The summed E-state index contributed by atoms with van der Waals surface area (Å²) >= 11 is 17.6. The standard InChI is InChI=1S/C14H9Cl2FN2OS/c1-20-12-6-11-9(5-8(12)17)18-14(21)19(11)10-4-2-3-7(15)13(10)16/h2-6H,1H3,(H,18,21). The Morgan fingerprint density at radius 3 is 2.76 bits per heavy atom. The van der Waals surface area contributed by atoms with Gasteiger partial charge in [0.15, 0.2) is 16.3 Å². The molecule has 21 heavy (non-hydrogen) atoms. The Morgan fingerprint density at radius 1 is 1.29 bits per heavy atom. The van der Waals surface area contributed by atoms with Gasteiger partial charge < -0.3 is 9.72 Å². The average Bonchev–Trinajstić information content (AvgIpc) is 2.76. The Balaban J connectivity index is 2.39. The third-order valence-electron chi connectivity index (χ3n) is 3.13. The van der Waals surface area contributed by atoms with Crippen molar-refractivity contribution in [2.45, 2.75) is 0 Å². The van der Waals surface area contributed by atoms with E-state index in [2.05, 4.69) is 4.98 Å². The van der Waals surface area contributed by atoms with Crippen molar-refractivity contribution in [3.8, 4) is 11.4 Å². The van der Waals surface area contributed by atoms with E-state index in [-0.39, 0.29) is 5.75 Å². The SMILES string of the molecule is COc1cc2c(cc1F)[nH]c(=S)n2-c1cccc(Cl)c1Cl. The fraction of sp³-hybridized carbons (Fsp3) is 0.0714. The van der Waals surface area contributed by atoms with E-state index in [0.29, 0.717) is 31.5 Å². The van der Waals surface area contributed by atoms with E-state index < -0.39 is 5.82 Å². The predicted octanol–water partition coefficient (Wildman–Crippen LogP) is 5.14. The van der Waals surface area contributed by atoms with Gasteiger partial charge in [0.25, 0.3) is 0 Å². The van der Waals surface area contributed by atoms with Gasteiger partial charge in [-0.2, -0.15) is 0 Å². The van der Waals surface area contributed by atoms with Crippen molar-refractivity contribution in [2.75, 3.05) is 7.11 Å². The van der Waals surface area contributed by atoms with Gasteiger partial charge in [-0.15, -0.1) is 0 Å². The molecule has 3 rings (SSSR count). The number of nitrogens with one attached hydrogen (secondary N) is 1. The van der Waals surface area contributed by atoms with Crippen molar-refractivity contribution < 1.29 is 9.13 Å². The number of halogens is 3. The molecule has 0 aliphatic rings. The van der Waals surface area contributed by atoms with Crippen LogP contribution in [0.5, 0.6) is 5.75 Å². The first kappa shape index (κ1) is 14.4. The van der Waals surface area contributed by atoms with E-state index in [1.54, 1.807) is 28.8 Å². The first-order valence-electron chi connectivity index (χ1n) is 5.95. The number of ether oxygens (including phenoxy) is 1. The zero-order valence-corrected chi connectivity index (χ0v) is 13.1. The molecule has 0 atom stereocenters. The number of nitrogens with zero attached hydrogens (tertiary/aromatic N) is 1. The summed E-state index contributed by atoms with van der Waals surface area (Å²) in [7, 11) is 1.40. The van der Waals surface area contributed by atoms with E-state index in [0.717, 1.165) is 0 Å². The second-order valence-corrected chi connectivity index (χ2v) is 5.51. The summed E-state index contributed by atoms with van der Waals surface area (Å²) < 4.78 is 20.9. The van der Waals surface area contributed by atoms with Gasteiger partial charge in [-0.25, -0.2) is 4.39 Å². The number of imidazole rings is 1. The van der Waals surface area contributed by atoms with E-state index in [9.17, 15) is 4.39 Å². The molecule has 0 radical (unpaired) electrons. The molecule has 0 spiro atoms. The van der Waals surface area contributed by atoms with Crippen LogP contribution in [0.15, 0.2) is 30.3 Å². The fourth-order valence-corrected chi connectivity index (χ4v) is 2.86. The van der Waals surface area contributed by atoms with Gasteiger partial charge in [-0.3, -0.25) is 4.57 Å². The summed E-state index contributed by atoms with van der Waals surface area (Å²) in [5.74, 6) is -0.339. The first-order chi connectivity index (χ1) is 10.0. The zero-order valence-electron chi connectivity index (χ0n) is 10.8. The van der Waals surface area contributed by atoms with E-state index in [4.69, 9.17) is 40.2 Å². The lowest BCUT2D eigenvalue weighted by Crippen LogP contribution is -1.96. The van der Waals surface area contributed by atoms with Crippen molar-refractivity contribution >= 4 is 46.5 Å². The monoisotopic (exact) mass is 342 g/mol. The Hall–Kier alpha value is -1.56. The minimum Gasteiger partial charge on any atom is -0.494 e. The molecule has 3 nitrogen and oxygen atoms in total. The molecule has 1 aromatic heterocycles. The number of benzene rings is 2. The number of aromatic nitrogens is 2. The molecule has 7 heteroatoms. The maximum atomic E-state index is 13.8. The van der Waals surface area contributed by atoms with Crippen molar-refractivity contribution in [1.29, 1.82) is 0 Å². The molecule has 0 unspecified atom stereocenters. The normalized spacial score (nSPS) is 11.0. The maximum absolute atomic E-state index is 13.8. The van der Waals surface area contributed by atoms with Gasteiger partial charge >= 0.3 is 0 Å². The van der Waals surface area contributed by atoms with Crippen LogP contribution in [-0.4, -0.2) is 16.7 Å². The van der Waals surface area contributed by atoms with E-state index in [1.165, 1.54) is 13.2 Å². The van der Waals surface area contributed by atoms with Gasteiger partial charge in [0.05, 0.1) is 33.9 Å². The molecule has 0 aliphatic heterocycles. The highest BCUT2D eigenvalue weighted by Crippen LogP contribution is 2.32. The molecule has 1 heterocycles. The Kier molecular flexibility index (Phi) is 3.65. The molecule has 0 aliphatic carbocycles. The topological polar surface area (TPSA) is 29.9 Å². The quantitative estimate of drug-likeness (QED) is 0.653. The van der Waals surface area contributed by atoms with Crippen LogP contribution in [0.4, 0.5) is 4.39 Å². The Morgan fingerprint density at radius 2 is 2.05 bits per heavy atom. The first-order valence-corrected chi connectivity index (χ1v) is 7.12. The highest BCUT2D eigenvalue weighted by Gasteiger charge is 2.14. The predicted molar refractivity (Wildman–Crippen MR) is 85.0 cm³/mol. The lowest BCUT2D eigenvalue weighted by Gasteiger charge is -2.09. The highest BCUT2D eigenvalue weighted by atomic mass is 35.5. The van der Waals surface area contributed by atoms with Gasteiger partial charge in [-0.1, -0.05) is 29.3 Å². The molecule has 3 aromatic rings. The molecular weight excluding hydrogens is 334 g/mol. The third kappa shape index (κ3) is 2.31. The molecule has 0 fully saturated rings. The van der Waals surface area contributed by atoms with Crippen molar-refractivity contribution in [2.24, 2.45) is 0 Å². The largest absolute Gasteiger partial charge is 0.494 e. The van der Waals surface area contributed by atoms with Crippen molar-refractivity contribution in [3.05, 3.63) is 51.0 Å². The van der Waals surface area contributed by atoms with Crippen LogP contribution in [0.25, 0.3) is 16.7 Å². The van der Waals surface area contributed by atoms with Crippen LogP contribution in [0.2, 0.25) is 10.0 Å². The van der Waals surface area contributed by atoms with Crippen molar-refractivity contribution in [1.82, 2.24) is 9.55 Å². The number of hydrogen-bond acceptors (Lipinski definition) is 2. The van der Waals surface area contributed by atoms with Gasteiger partial charge in [-0.05, 0) is 24.4 Å². The maximum Gasteiger partial charge on any atom is 0.182 e. The molecule has 108 valence electrons. The van der Waals surface area contributed by atoms with Crippen LogP contribution in [0.3, 0.4) is 0 Å². The average molecular weight is 343 g/mol. The molecule has 0 saturated carbocycles. The Labute approximate surface area is 134 Å². The fourth-order valence-electron chi connectivity index (χ4n) is 2.17. The van der Waals surface area contributed by atoms with Crippen molar-refractivity contribution in [3.63, 3.8) is 0 Å². The molecule has 2 aromatic carbocycles. The highest BCUT2D eigenvalue weighted by molar-refractivity contribution is 7.71. The summed E-state index contributed by atoms with van der Waals surface area (Å²) in [6.45, 7) is 0. The number of aromatic amines is 1. The smallest absolute Gasteiger partial charge is 0.182 e. The minimum absolute atomic E-state index is 0.128. The lowest BCUT2D eigenvalue weighted by molar-refractivity contribution is 0.387. The molecule has 0 bridgehead atoms. The molecule has 1 N–H and O–H groups in total. The van der Waals surface area contributed by atoms with Crippen LogP contribution in [-0.2, 0) is 0 Å². The Bertz CT molecular complexity index is 904. The summed E-state index contributed by atoms with van der Waals surface area (Å²) in [5, 5.41) is 0.791. The second kappa shape index (κ2) is 5.33. The second-order valence-electron chi connectivity index (χ2n) is 4.34.